The van der Waals surface area contributed by atoms with Gasteiger partial charge in [-0.1, -0.05) is 6.07 Å². The van der Waals surface area contributed by atoms with Crippen LogP contribution >= 0.6 is 11.8 Å². The van der Waals surface area contributed by atoms with Crippen molar-refractivity contribution in [1.82, 2.24) is 20.0 Å². The van der Waals surface area contributed by atoms with E-state index in [2.05, 4.69) is 71.2 Å². The summed E-state index contributed by atoms with van der Waals surface area (Å²) in [5.74, 6) is 0.836. The second-order valence-corrected chi connectivity index (χ2v) is 7.65. The van der Waals surface area contributed by atoms with E-state index >= 15 is 0 Å². The SMILES string of the molecule is CCNC(=NCc1cn2c(C)cccc2n1)NCC(C)(C)SC. The zero-order valence-electron chi connectivity index (χ0n) is 14.7. The molecule has 0 aliphatic heterocycles. The quantitative estimate of drug-likeness (QED) is 0.630. The third kappa shape index (κ3) is 4.89. The molecule has 0 aliphatic carbocycles. The number of aromatic nitrogens is 2. The van der Waals surface area contributed by atoms with Gasteiger partial charge in [-0.25, -0.2) is 9.98 Å². The number of aryl methyl sites for hydroxylation is 1. The summed E-state index contributed by atoms with van der Waals surface area (Å²) in [6.07, 6.45) is 4.19. The van der Waals surface area contributed by atoms with Crippen molar-refractivity contribution >= 4 is 23.4 Å². The predicted octanol–water partition coefficient (Wildman–Crippen LogP) is 2.84. The van der Waals surface area contributed by atoms with Gasteiger partial charge in [-0.15, -0.1) is 0 Å². The summed E-state index contributed by atoms with van der Waals surface area (Å²) in [7, 11) is 0. The molecule has 0 aromatic carbocycles. The minimum absolute atomic E-state index is 0.177. The number of hydrogen-bond donors (Lipinski definition) is 2. The Hall–Kier alpha value is -1.69. The summed E-state index contributed by atoms with van der Waals surface area (Å²) in [5.41, 5.74) is 3.12. The molecule has 23 heavy (non-hydrogen) atoms. The normalized spacial score (nSPS) is 12.7. The van der Waals surface area contributed by atoms with Crippen LogP contribution < -0.4 is 10.6 Å². The second kappa shape index (κ2) is 7.73. The lowest BCUT2D eigenvalue weighted by Crippen LogP contribution is -2.43. The maximum absolute atomic E-state index is 4.66. The Labute approximate surface area is 143 Å². The lowest BCUT2D eigenvalue weighted by molar-refractivity contribution is 0.664. The molecule has 2 aromatic rings. The van der Waals surface area contributed by atoms with Gasteiger partial charge in [-0.3, -0.25) is 0 Å². The highest BCUT2D eigenvalue weighted by atomic mass is 32.2. The minimum Gasteiger partial charge on any atom is -0.357 e. The van der Waals surface area contributed by atoms with Crippen LogP contribution in [0.5, 0.6) is 0 Å². The van der Waals surface area contributed by atoms with Crippen LogP contribution in [0.25, 0.3) is 5.65 Å². The lowest BCUT2D eigenvalue weighted by Gasteiger charge is -2.23. The summed E-state index contributed by atoms with van der Waals surface area (Å²) >= 11 is 1.85. The number of fused-ring (bicyclic) bond motifs is 1. The standard InChI is InChI=1S/C17H27N5S/c1-6-18-16(20-12-17(3,4)23-5)19-10-14-11-22-13(2)8-7-9-15(22)21-14/h7-9,11H,6,10,12H2,1-5H3,(H2,18,19,20). The number of thioether (sulfide) groups is 1. The van der Waals surface area contributed by atoms with Crippen LogP contribution in [0, 0.1) is 6.92 Å². The zero-order valence-corrected chi connectivity index (χ0v) is 15.5. The van der Waals surface area contributed by atoms with Gasteiger partial charge >= 0.3 is 0 Å². The van der Waals surface area contributed by atoms with Gasteiger partial charge < -0.3 is 15.0 Å². The van der Waals surface area contributed by atoms with Crippen molar-refractivity contribution in [3.05, 3.63) is 35.8 Å². The monoisotopic (exact) mass is 333 g/mol. The van der Waals surface area contributed by atoms with E-state index in [9.17, 15) is 0 Å². The van der Waals surface area contributed by atoms with E-state index in [1.165, 1.54) is 5.69 Å². The predicted molar refractivity (Wildman–Crippen MR) is 100 cm³/mol. The molecule has 2 N–H and O–H groups in total. The molecule has 0 amide bonds. The molecule has 0 fully saturated rings. The average molecular weight is 334 g/mol. The van der Waals surface area contributed by atoms with Gasteiger partial charge in [-0.2, -0.15) is 11.8 Å². The van der Waals surface area contributed by atoms with E-state index in [1.807, 2.05) is 23.9 Å². The maximum atomic E-state index is 4.66. The first-order chi connectivity index (χ1) is 10.9. The number of nitrogens with one attached hydrogen (secondary N) is 2. The molecule has 2 aromatic heterocycles. The summed E-state index contributed by atoms with van der Waals surface area (Å²) in [5, 5.41) is 6.70. The molecule has 0 saturated carbocycles. The molecule has 0 aliphatic rings. The lowest BCUT2D eigenvalue weighted by atomic mass is 10.2. The molecule has 2 rings (SSSR count). The van der Waals surface area contributed by atoms with Crippen molar-refractivity contribution in [3.63, 3.8) is 0 Å². The van der Waals surface area contributed by atoms with Crippen molar-refractivity contribution in [2.75, 3.05) is 19.3 Å². The molecule has 0 radical (unpaired) electrons. The molecular weight excluding hydrogens is 306 g/mol. The van der Waals surface area contributed by atoms with Gasteiger partial charge in [0, 0.05) is 29.7 Å². The van der Waals surface area contributed by atoms with Crippen LogP contribution in [0.1, 0.15) is 32.2 Å². The second-order valence-electron chi connectivity index (χ2n) is 6.14. The van der Waals surface area contributed by atoms with Gasteiger partial charge in [0.25, 0.3) is 0 Å². The van der Waals surface area contributed by atoms with Crippen LogP contribution in [0.4, 0.5) is 0 Å². The molecule has 126 valence electrons. The maximum Gasteiger partial charge on any atom is 0.191 e. The molecule has 0 bridgehead atoms. The van der Waals surface area contributed by atoms with Crippen molar-refractivity contribution in [2.24, 2.45) is 4.99 Å². The zero-order chi connectivity index (χ0) is 16.9. The Bertz CT molecular complexity index is 675. The van der Waals surface area contributed by atoms with Crippen LogP contribution in [-0.4, -0.2) is 39.4 Å². The van der Waals surface area contributed by atoms with E-state index in [4.69, 9.17) is 0 Å². The summed E-state index contributed by atoms with van der Waals surface area (Å²) < 4.78 is 2.28. The van der Waals surface area contributed by atoms with Gasteiger partial charge in [0.15, 0.2) is 5.96 Å². The van der Waals surface area contributed by atoms with Gasteiger partial charge in [0.2, 0.25) is 0 Å². The van der Waals surface area contributed by atoms with Crippen molar-refractivity contribution in [2.45, 2.75) is 39.0 Å². The number of aliphatic imine (C=N–C) groups is 1. The van der Waals surface area contributed by atoms with Gasteiger partial charge in [-0.05, 0) is 46.1 Å². The van der Waals surface area contributed by atoms with E-state index in [0.717, 1.165) is 30.4 Å². The highest BCUT2D eigenvalue weighted by Crippen LogP contribution is 2.19. The summed E-state index contributed by atoms with van der Waals surface area (Å²) in [4.78, 5) is 9.28. The molecular formula is C17H27N5S. The number of pyridine rings is 1. The van der Waals surface area contributed by atoms with E-state index < -0.39 is 0 Å². The van der Waals surface area contributed by atoms with E-state index in [-0.39, 0.29) is 4.75 Å². The molecule has 0 saturated heterocycles. The Balaban J connectivity index is 2.08. The Morgan fingerprint density at radius 3 is 2.78 bits per heavy atom. The highest BCUT2D eigenvalue weighted by Gasteiger charge is 2.16. The number of nitrogens with zero attached hydrogens (tertiary/aromatic N) is 3. The molecule has 0 spiro atoms. The summed E-state index contributed by atoms with van der Waals surface area (Å²) in [6.45, 7) is 10.9. The largest absolute Gasteiger partial charge is 0.357 e. The molecule has 2 heterocycles. The molecule has 0 atom stereocenters. The molecule has 0 unspecified atom stereocenters. The fourth-order valence-corrected chi connectivity index (χ4v) is 2.36. The Kier molecular flexibility index (Phi) is 5.93. The van der Waals surface area contributed by atoms with Crippen LogP contribution in [0.3, 0.4) is 0 Å². The molecule has 6 heteroatoms. The fourth-order valence-electron chi connectivity index (χ4n) is 2.15. The fraction of sp³-hybridized carbons (Fsp3) is 0.529. The minimum atomic E-state index is 0.177. The molecule has 5 nitrogen and oxygen atoms in total. The van der Waals surface area contributed by atoms with Crippen LogP contribution in [0.2, 0.25) is 0 Å². The van der Waals surface area contributed by atoms with Crippen LogP contribution in [-0.2, 0) is 6.54 Å². The number of guanidine groups is 1. The number of imidazole rings is 1. The first kappa shape index (κ1) is 17.7. The first-order valence-corrected chi connectivity index (χ1v) is 9.18. The topological polar surface area (TPSA) is 53.7 Å². The Morgan fingerprint density at radius 1 is 1.35 bits per heavy atom. The van der Waals surface area contributed by atoms with Gasteiger partial charge in [0.05, 0.1) is 12.2 Å². The Morgan fingerprint density at radius 2 is 2.13 bits per heavy atom. The van der Waals surface area contributed by atoms with Crippen molar-refractivity contribution < 1.29 is 0 Å². The first-order valence-electron chi connectivity index (χ1n) is 7.96. The number of rotatable bonds is 6. The smallest absolute Gasteiger partial charge is 0.191 e. The third-order valence-corrected chi connectivity index (χ3v) is 4.97. The summed E-state index contributed by atoms with van der Waals surface area (Å²) in [6, 6.07) is 6.13. The van der Waals surface area contributed by atoms with Gasteiger partial charge in [0.1, 0.15) is 5.65 Å². The van der Waals surface area contributed by atoms with Crippen molar-refractivity contribution in [1.29, 1.82) is 0 Å². The number of hydrogen-bond acceptors (Lipinski definition) is 3. The average Bonchev–Trinajstić information content (AvgIpc) is 2.95. The third-order valence-electron chi connectivity index (χ3n) is 3.72. The van der Waals surface area contributed by atoms with E-state index in [0.29, 0.717) is 6.54 Å². The highest BCUT2D eigenvalue weighted by molar-refractivity contribution is 7.99. The van der Waals surface area contributed by atoms with E-state index in [1.54, 1.807) is 0 Å². The van der Waals surface area contributed by atoms with Crippen LogP contribution in [0.15, 0.2) is 29.4 Å². The van der Waals surface area contributed by atoms with Crippen molar-refractivity contribution in [3.8, 4) is 0 Å².